The van der Waals surface area contributed by atoms with Gasteiger partial charge < -0.3 is 0 Å². The van der Waals surface area contributed by atoms with Crippen molar-refractivity contribution in [3.05, 3.63) is 40.1 Å². The first-order valence-corrected chi connectivity index (χ1v) is 11.3. The Morgan fingerprint density at radius 3 is 2.62 bits per heavy atom. The van der Waals surface area contributed by atoms with E-state index in [1.165, 1.54) is 27.0 Å². The SMILES string of the molecule is Cc1ccc(C(=O)Nc2nc3ccc(S(=O)(=O)N4CCCC4)cc3s2)s1. The Morgan fingerprint density at radius 2 is 1.92 bits per heavy atom. The summed E-state index contributed by atoms with van der Waals surface area (Å²) in [5.41, 5.74) is 0.674. The van der Waals surface area contributed by atoms with Gasteiger partial charge >= 0.3 is 0 Å². The van der Waals surface area contributed by atoms with Crippen LogP contribution < -0.4 is 5.32 Å². The quantitative estimate of drug-likeness (QED) is 0.715. The number of aromatic nitrogens is 1. The summed E-state index contributed by atoms with van der Waals surface area (Å²) < 4.78 is 27.6. The lowest BCUT2D eigenvalue weighted by atomic mass is 10.3. The molecule has 0 unspecified atom stereocenters. The van der Waals surface area contributed by atoms with Crippen molar-refractivity contribution < 1.29 is 13.2 Å². The van der Waals surface area contributed by atoms with E-state index in [1.54, 1.807) is 24.3 Å². The summed E-state index contributed by atoms with van der Waals surface area (Å²) >= 11 is 2.70. The zero-order valence-corrected chi connectivity index (χ0v) is 16.5. The number of hydrogen-bond acceptors (Lipinski definition) is 6. The van der Waals surface area contributed by atoms with Gasteiger partial charge in [-0.1, -0.05) is 11.3 Å². The number of nitrogens with zero attached hydrogens (tertiary/aromatic N) is 2. The lowest BCUT2D eigenvalue weighted by Crippen LogP contribution is -2.27. The van der Waals surface area contributed by atoms with Gasteiger partial charge in [0.05, 0.1) is 20.0 Å². The Balaban J connectivity index is 1.60. The predicted octanol–water partition coefficient (Wildman–Crippen LogP) is 3.70. The third kappa shape index (κ3) is 3.27. The number of benzene rings is 1. The molecule has 9 heteroatoms. The van der Waals surface area contributed by atoms with E-state index in [4.69, 9.17) is 0 Å². The number of carbonyl (C=O) groups is 1. The number of hydrogen-bond donors (Lipinski definition) is 1. The lowest BCUT2D eigenvalue weighted by molar-refractivity contribution is 0.103. The van der Waals surface area contributed by atoms with Gasteiger partial charge in [-0.05, 0) is 50.1 Å². The highest BCUT2D eigenvalue weighted by Gasteiger charge is 2.27. The Kier molecular flexibility index (Phi) is 4.55. The molecule has 6 nitrogen and oxygen atoms in total. The summed E-state index contributed by atoms with van der Waals surface area (Å²) in [6.45, 7) is 3.09. The second kappa shape index (κ2) is 6.73. The van der Waals surface area contributed by atoms with Gasteiger partial charge in [0.1, 0.15) is 0 Å². The van der Waals surface area contributed by atoms with Gasteiger partial charge in [-0.25, -0.2) is 13.4 Å². The molecule has 1 N–H and O–H groups in total. The van der Waals surface area contributed by atoms with Crippen molar-refractivity contribution in [3.8, 4) is 0 Å². The minimum absolute atomic E-state index is 0.202. The first-order chi connectivity index (χ1) is 12.4. The summed E-state index contributed by atoms with van der Waals surface area (Å²) in [5.74, 6) is -0.202. The number of rotatable bonds is 4. The first-order valence-electron chi connectivity index (χ1n) is 8.22. The molecule has 0 radical (unpaired) electrons. The average Bonchev–Trinajstić information content (AvgIpc) is 3.34. The van der Waals surface area contributed by atoms with Crippen LogP contribution in [0.3, 0.4) is 0 Å². The molecule has 1 amide bonds. The van der Waals surface area contributed by atoms with Crippen molar-refractivity contribution in [3.63, 3.8) is 0 Å². The van der Waals surface area contributed by atoms with Crippen molar-refractivity contribution in [1.29, 1.82) is 0 Å². The highest BCUT2D eigenvalue weighted by molar-refractivity contribution is 7.89. The largest absolute Gasteiger partial charge is 0.297 e. The molecule has 1 fully saturated rings. The molecule has 0 saturated carbocycles. The van der Waals surface area contributed by atoms with Gasteiger partial charge in [0, 0.05) is 18.0 Å². The maximum atomic E-state index is 12.7. The van der Waals surface area contributed by atoms with Crippen LogP contribution in [0.5, 0.6) is 0 Å². The summed E-state index contributed by atoms with van der Waals surface area (Å²) in [6.07, 6.45) is 1.81. The van der Waals surface area contributed by atoms with Crippen molar-refractivity contribution in [2.75, 3.05) is 18.4 Å². The molecule has 0 spiro atoms. The van der Waals surface area contributed by atoms with Crippen LogP contribution in [0.15, 0.2) is 35.2 Å². The van der Waals surface area contributed by atoms with Crippen LogP contribution in [-0.2, 0) is 10.0 Å². The topological polar surface area (TPSA) is 79.4 Å². The molecule has 1 aliphatic heterocycles. The molecule has 0 aliphatic carbocycles. The van der Waals surface area contributed by atoms with Crippen LogP contribution in [0.25, 0.3) is 10.2 Å². The third-order valence-corrected chi connectivity index (χ3v) is 8.08. The zero-order chi connectivity index (χ0) is 18.3. The molecule has 3 heterocycles. The van der Waals surface area contributed by atoms with Crippen molar-refractivity contribution >= 4 is 54.0 Å². The molecule has 136 valence electrons. The van der Waals surface area contributed by atoms with Crippen molar-refractivity contribution in [1.82, 2.24) is 9.29 Å². The smallest absolute Gasteiger partial charge is 0.267 e. The highest BCUT2D eigenvalue weighted by atomic mass is 32.2. The molecule has 3 aromatic rings. The number of sulfonamides is 1. The van der Waals surface area contributed by atoms with E-state index in [0.29, 0.717) is 28.6 Å². The average molecular weight is 408 g/mol. The number of thiophene rings is 1. The van der Waals surface area contributed by atoms with E-state index in [9.17, 15) is 13.2 Å². The highest BCUT2D eigenvalue weighted by Crippen LogP contribution is 2.30. The van der Waals surface area contributed by atoms with Crippen LogP contribution in [0.4, 0.5) is 5.13 Å². The summed E-state index contributed by atoms with van der Waals surface area (Å²) in [7, 11) is -3.46. The molecule has 1 aromatic carbocycles. The molecule has 1 aliphatic rings. The maximum Gasteiger partial charge on any atom is 0.267 e. The van der Waals surface area contributed by atoms with Crippen LogP contribution in [0.2, 0.25) is 0 Å². The second-order valence-electron chi connectivity index (χ2n) is 6.12. The zero-order valence-electron chi connectivity index (χ0n) is 14.1. The summed E-state index contributed by atoms with van der Waals surface area (Å²) in [5, 5.41) is 3.26. The first kappa shape index (κ1) is 17.6. The van der Waals surface area contributed by atoms with Gasteiger partial charge in [-0.15, -0.1) is 11.3 Å². The van der Waals surface area contributed by atoms with Crippen LogP contribution in [-0.4, -0.2) is 36.7 Å². The number of anilines is 1. The Labute approximate surface area is 159 Å². The normalized spacial score (nSPS) is 15.6. The second-order valence-corrected chi connectivity index (χ2v) is 10.4. The van der Waals surface area contributed by atoms with E-state index in [2.05, 4.69) is 10.3 Å². The van der Waals surface area contributed by atoms with Gasteiger partial charge in [0.25, 0.3) is 5.91 Å². The van der Waals surface area contributed by atoms with Crippen LogP contribution in [0, 0.1) is 6.92 Å². The number of thiazole rings is 1. The summed E-state index contributed by atoms with van der Waals surface area (Å²) in [4.78, 5) is 18.6. The standard InChI is InChI=1S/C17H17N3O3S3/c1-11-4-7-14(24-11)16(21)19-17-18-13-6-5-12(10-15(13)25-17)26(22,23)20-8-2-3-9-20/h4-7,10H,2-3,8-9H2,1H3,(H,18,19,21). The van der Waals surface area contributed by atoms with E-state index in [1.807, 2.05) is 13.0 Å². The van der Waals surface area contributed by atoms with E-state index < -0.39 is 10.0 Å². The Morgan fingerprint density at radius 1 is 1.15 bits per heavy atom. The predicted molar refractivity (Wildman–Crippen MR) is 105 cm³/mol. The Hall–Kier alpha value is -1.81. The molecular formula is C17H17N3O3S3. The van der Waals surface area contributed by atoms with E-state index >= 15 is 0 Å². The molecule has 26 heavy (non-hydrogen) atoms. The number of aryl methyl sites for hydroxylation is 1. The molecule has 0 bridgehead atoms. The number of nitrogens with one attached hydrogen (secondary N) is 1. The molecule has 4 rings (SSSR count). The monoisotopic (exact) mass is 407 g/mol. The van der Waals surface area contributed by atoms with Gasteiger partial charge in [-0.2, -0.15) is 4.31 Å². The number of amides is 1. The van der Waals surface area contributed by atoms with Gasteiger partial charge in [0.2, 0.25) is 10.0 Å². The fourth-order valence-electron chi connectivity index (χ4n) is 2.91. The van der Waals surface area contributed by atoms with Crippen LogP contribution in [0.1, 0.15) is 27.4 Å². The fourth-order valence-corrected chi connectivity index (χ4v) is 6.19. The Bertz CT molecular complexity index is 1080. The van der Waals surface area contributed by atoms with Gasteiger partial charge in [-0.3, -0.25) is 10.1 Å². The summed E-state index contributed by atoms with van der Waals surface area (Å²) in [6, 6.07) is 8.60. The van der Waals surface area contributed by atoms with Crippen LogP contribution >= 0.6 is 22.7 Å². The number of fused-ring (bicyclic) bond motifs is 1. The number of carbonyl (C=O) groups excluding carboxylic acids is 1. The minimum Gasteiger partial charge on any atom is -0.297 e. The molecule has 0 atom stereocenters. The van der Waals surface area contributed by atoms with E-state index in [-0.39, 0.29) is 10.8 Å². The van der Waals surface area contributed by atoms with Gasteiger partial charge in [0.15, 0.2) is 5.13 Å². The third-order valence-electron chi connectivity index (χ3n) is 4.25. The molecule has 2 aromatic heterocycles. The maximum absolute atomic E-state index is 12.7. The molecular weight excluding hydrogens is 390 g/mol. The fraction of sp³-hybridized carbons (Fsp3) is 0.294. The minimum atomic E-state index is -3.46. The molecule has 1 saturated heterocycles. The van der Waals surface area contributed by atoms with Crippen molar-refractivity contribution in [2.45, 2.75) is 24.7 Å². The van der Waals surface area contributed by atoms with Crippen molar-refractivity contribution in [2.24, 2.45) is 0 Å². The lowest BCUT2D eigenvalue weighted by Gasteiger charge is -2.15. The van der Waals surface area contributed by atoms with E-state index in [0.717, 1.165) is 22.4 Å².